The van der Waals surface area contributed by atoms with Crippen molar-refractivity contribution >= 4 is 0 Å². The summed E-state index contributed by atoms with van der Waals surface area (Å²) >= 11 is 0. The van der Waals surface area contributed by atoms with Gasteiger partial charge in [0.2, 0.25) is 0 Å². The van der Waals surface area contributed by atoms with Crippen LogP contribution in [0.4, 0.5) is 0 Å². The third-order valence-corrected chi connectivity index (χ3v) is 1.67. The van der Waals surface area contributed by atoms with Gasteiger partial charge in [-0.05, 0) is 6.92 Å². The molecule has 47 valence electrons. The van der Waals surface area contributed by atoms with E-state index in [4.69, 9.17) is 9.84 Å². The standard InChI is InChI=1S/C6H11O2/c1-5(7)6(2)3-8-4-6/h5,7H,1,3-4H2,2H3. The third-order valence-electron chi connectivity index (χ3n) is 1.67. The fraction of sp³-hybridized carbons (Fsp3) is 0.833. The summed E-state index contributed by atoms with van der Waals surface area (Å²) in [6.45, 7) is 6.78. The smallest absolute Gasteiger partial charge is 0.0639 e. The second-order valence-corrected chi connectivity index (χ2v) is 2.66. The maximum Gasteiger partial charge on any atom is 0.0639 e. The van der Waals surface area contributed by atoms with Gasteiger partial charge in [-0.25, -0.2) is 0 Å². The summed E-state index contributed by atoms with van der Waals surface area (Å²) in [7, 11) is 0. The van der Waals surface area contributed by atoms with E-state index < -0.39 is 6.10 Å². The molecule has 0 spiro atoms. The molecule has 0 amide bonds. The monoisotopic (exact) mass is 115 g/mol. The topological polar surface area (TPSA) is 29.5 Å². The van der Waals surface area contributed by atoms with Crippen LogP contribution >= 0.6 is 0 Å². The molecule has 1 rings (SSSR count). The van der Waals surface area contributed by atoms with E-state index in [1.54, 1.807) is 0 Å². The zero-order valence-corrected chi connectivity index (χ0v) is 5.05. The van der Waals surface area contributed by atoms with E-state index in [2.05, 4.69) is 6.92 Å². The van der Waals surface area contributed by atoms with Crippen molar-refractivity contribution in [3.63, 3.8) is 0 Å². The lowest BCUT2D eigenvalue weighted by Gasteiger charge is -2.40. The quantitative estimate of drug-likeness (QED) is 0.529. The molecule has 0 aliphatic carbocycles. The third kappa shape index (κ3) is 0.740. The summed E-state index contributed by atoms with van der Waals surface area (Å²) in [5, 5.41) is 8.94. The van der Waals surface area contributed by atoms with Gasteiger partial charge in [0.05, 0.1) is 19.3 Å². The van der Waals surface area contributed by atoms with Crippen LogP contribution in [0.2, 0.25) is 0 Å². The summed E-state index contributed by atoms with van der Waals surface area (Å²) in [5.41, 5.74) is -0.0556. The van der Waals surface area contributed by atoms with Crippen molar-refractivity contribution < 1.29 is 9.84 Å². The molecular weight excluding hydrogens is 104 g/mol. The molecule has 0 aromatic carbocycles. The van der Waals surface area contributed by atoms with Gasteiger partial charge >= 0.3 is 0 Å². The summed E-state index contributed by atoms with van der Waals surface area (Å²) in [4.78, 5) is 0. The Morgan fingerprint density at radius 2 is 2.25 bits per heavy atom. The minimum atomic E-state index is -0.476. The summed E-state index contributed by atoms with van der Waals surface area (Å²) in [5.74, 6) is 0. The van der Waals surface area contributed by atoms with Gasteiger partial charge in [0.25, 0.3) is 0 Å². The molecule has 8 heavy (non-hydrogen) atoms. The summed E-state index contributed by atoms with van der Waals surface area (Å²) < 4.78 is 4.90. The largest absolute Gasteiger partial charge is 0.392 e. The maximum absolute atomic E-state index is 8.94. The maximum atomic E-state index is 8.94. The van der Waals surface area contributed by atoms with Gasteiger partial charge in [0.1, 0.15) is 0 Å². The molecule has 1 aliphatic heterocycles. The highest BCUT2D eigenvalue weighted by molar-refractivity contribution is 4.88. The highest BCUT2D eigenvalue weighted by atomic mass is 16.5. The zero-order valence-electron chi connectivity index (χ0n) is 5.05. The molecule has 1 fully saturated rings. The molecule has 1 heterocycles. The summed E-state index contributed by atoms with van der Waals surface area (Å²) in [6, 6.07) is 0. The Hall–Kier alpha value is -0.0800. The highest BCUT2D eigenvalue weighted by Gasteiger charge is 2.37. The van der Waals surface area contributed by atoms with Crippen molar-refractivity contribution in [2.75, 3.05) is 13.2 Å². The molecule has 0 aromatic heterocycles. The molecule has 1 atom stereocenters. The van der Waals surface area contributed by atoms with Crippen LogP contribution in [0.3, 0.4) is 0 Å². The van der Waals surface area contributed by atoms with E-state index in [0.29, 0.717) is 13.2 Å². The highest BCUT2D eigenvalue weighted by Crippen LogP contribution is 2.29. The predicted molar refractivity (Wildman–Crippen MR) is 30.3 cm³/mol. The Bertz CT molecular complexity index is 84.5. The van der Waals surface area contributed by atoms with Crippen LogP contribution in [-0.2, 0) is 4.74 Å². The van der Waals surface area contributed by atoms with Crippen molar-refractivity contribution in [2.24, 2.45) is 5.41 Å². The van der Waals surface area contributed by atoms with Gasteiger partial charge in [0.15, 0.2) is 0 Å². The lowest BCUT2D eigenvalue weighted by Crippen LogP contribution is -2.47. The lowest BCUT2D eigenvalue weighted by atomic mass is 9.83. The molecule has 1 saturated heterocycles. The SMILES string of the molecule is [CH2]C(O)C1(C)COC1. The van der Waals surface area contributed by atoms with Crippen molar-refractivity contribution in [1.29, 1.82) is 0 Å². The minimum absolute atomic E-state index is 0.0556. The first-order valence-corrected chi connectivity index (χ1v) is 2.74. The van der Waals surface area contributed by atoms with Gasteiger partial charge in [-0.15, -0.1) is 0 Å². The van der Waals surface area contributed by atoms with E-state index in [0.717, 1.165) is 0 Å². The van der Waals surface area contributed by atoms with Crippen molar-refractivity contribution in [1.82, 2.24) is 0 Å². The molecule has 1 aliphatic rings. The number of hydrogen-bond donors (Lipinski definition) is 1. The molecular formula is C6H11O2. The number of ether oxygens (including phenoxy) is 1. The van der Waals surface area contributed by atoms with Crippen molar-refractivity contribution in [2.45, 2.75) is 13.0 Å². The van der Waals surface area contributed by atoms with E-state index in [9.17, 15) is 0 Å². The van der Waals surface area contributed by atoms with Gasteiger partial charge in [-0.1, -0.05) is 6.92 Å². The second kappa shape index (κ2) is 1.71. The molecule has 1 radical (unpaired) electrons. The molecule has 1 unspecified atom stereocenters. The average molecular weight is 115 g/mol. The number of aliphatic hydroxyl groups is 1. The molecule has 2 heteroatoms. The van der Waals surface area contributed by atoms with Crippen molar-refractivity contribution in [3.05, 3.63) is 6.92 Å². The number of aliphatic hydroxyl groups excluding tert-OH is 1. The van der Waals surface area contributed by atoms with E-state index in [1.807, 2.05) is 6.92 Å². The molecule has 0 saturated carbocycles. The predicted octanol–water partition coefficient (Wildman–Crippen LogP) is 0.218. The lowest BCUT2D eigenvalue weighted by molar-refractivity contribution is -0.147. The van der Waals surface area contributed by atoms with Crippen LogP contribution in [0, 0.1) is 12.3 Å². The average Bonchev–Trinajstić information content (AvgIpc) is 1.60. The van der Waals surface area contributed by atoms with Crippen molar-refractivity contribution in [3.8, 4) is 0 Å². The van der Waals surface area contributed by atoms with Crippen LogP contribution in [0.15, 0.2) is 0 Å². The van der Waals surface area contributed by atoms with Gasteiger partial charge < -0.3 is 9.84 Å². The van der Waals surface area contributed by atoms with Crippen LogP contribution in [0.25, 0.3) is 0 Å². The first kappa shape index (κ1) is 6.05. The molecule has 1 N–H and O–H groups in total. The van der Waals surface area contributed by atoms with Gasteiger partial charge in [-0.2, -0.15) is 0 Å². The van der Waals surface area contributed by atoms with Gasteiger partial charge in [-0.3, -0.25) is 0 Å². The Morgan fingerprint density at radius 3 is 2.25 bits per heavy atom. The van der Waals surface area contributed by atoms with E-state index in [1.165, 1.54) is 0 Å². The first-order valence-electron chi connectivity index (χ1n) is 2.74. The van der Waals surface area contributed by atoms with E-state index in [-0.39, 0.29) is 5.41 Å². The number of hydrogen-bond acceptors (Lipinski definition) is 2. The fourth-order valence-corrected chi connectivity index (χ4v) is 0.616. The van der Waals surface area contributed by atoms with E-state index >= 15 is 0 Å². The first-order chi connectivity index (χ1) is 3.65. The Kier molecular flexibility index (Phi) is 1.29. The Labute approximate surface area is 49.5 Å². The zero-order chi connectivity index (χ0) is 6.20. The Balaban J connectivity index is 2.41. The number of rotatable bonds is 1. The molecule has 0 aromatic rings. The Morgan fingerprint density at radius 1 is 1.75 bits per heavy atom. The van der Waals surface area contributed by atoms with Crippen LogP contribution in [-0.4, -0.2) is 24.4 Å². The normalized spacial score (nSPS) is 28.9. The minimum Gasteiger partial charge on any atom is -0.392 e. The fourth-order valence-electron chi connectivity index (χ4n) is 0.616. The van der Waals surface area contributed by atoms with Crippen LogP contribution < -0.4 is 0 Å². The van der Waals surface area contributed by atoms with Crippen LogP contribution in [0.5, 0.6) is 0 Å². The molecule has 2 nitrogen and oxygen atoms in total. The second-order valence-electron chi connectivity index (χ2n) is 2.66. The summed E-state index contributed by atoms with van der Waals surface area (Å²) in [6.07, 6.45) is -0.476. The van der Waals surface area contributed by atoms with Crippen LogP contribution in [0.1, 0.15) is 6.92 Å². The van der Waals surface area contributed by atoms with Gasteiger partial charge in [0, 0.05) is 5.41 Å². The molecule has 0 bridgehead atoms.